The topological polar surface area (TPSA) is 71.1 Å². The summed E-state index contributed by atoms with van der Waals surface area (Å²) in [5, 5.41) is 7.93. The first kappa shape index (κ1) is 16.0. The smallest absolute Gasteiger partial charge is 0.248 e. The number of thiazole rings is 1. The predicted molar refractivity (Wildman–Crippen MR) is 80.7 cm³/mol. The number of hydrogen-bond donors (Lipinski definition) is 2. The lowest BCUT2D eigenvalue weighted by molar-refractivity contribution is -0.126. The Hall–Kier alpha value is -1.08. The number of rotatable bonds is 7. The number of nitrogens with zero attached hydrogens (tertiary/aromatic N) is 1. The fourth-order valence-corrected chi connectivity index (χ4v) is 2.57. The molecule has 106 valence electrons. The van der Waals surface area contributed by atoms with Crippen molar-refractivity contribution >= 4 is 40.0 Å². The van der Waals surface area contributed by atoms with E-state index >= 15 is 0 Å². The predicted octanol–water partition coefficient (Wildman–Crippen LogP) is 2.04. The molecule has 1 aromatic rings. The molecule has 2 N–H and O–H groups in total. The maximum atomic E-state index is 12.1. The number of hydrogen-bond acceptors (Lipinski definition) is 5. The van der Waals surface area contributed by atoms with E-state index in [0.29, 0.717) is 18.0 Å². The van der Waals surface area contributed by atoms with Crippen molar-refractivity contribution < 1.29 is 9.59 Å². The van der Waals surface area contributed by atoms with E-state index in [1.54, 1.807) is 18.7 Å². The summed E-state index contributed by atoms with van der Waals surface area (Å²) in [6, 6.07) is -0.496. The maximum absolute atomic E-state index is 12.1. The Morgan fingerprint density at radius 1 is 1.53 bits per heavy atom. The Morgan fingerprint density at radius 3 is 2.79 bits per heavy atom. The second-order valence-corrected chi connectivity index (χ2v) is 5.88. The van der Waals surface area contributed by atoms with E-state index in [0.717, 1.165) is 11.4 Å². The first-order chi connectivity index (χ1) is 9.06. The van der Waals surface area contributed by atoms with Gasteiger partial charge in [-0.15, -0.1) is 11.3 Å². The van der Waals surface area contributed by atoms with Crippen molar-refractivity contribution in [3.63, 3.8) is 0 Å². The van der Waals surface area contributed by atoms with Crippen molar-refractivity contribution in [3.05, 3.63) is 11.1 Å². The Morgan fingerprint density at radius 2 is 2.26 bits per heavy atom. The van der Waals surface area contributed by atoms with Gasteiger partial charge in [0.15, 0.2) is 5.13 Å². The summed E-state index contributed by atoms with van der Waals surface area (Å²) >= 11 is 3.03. The van der Waals surface area contributed by atoms with Crippen molar-refractivity contribution in [1.82, 2.24) is 10.3 Å². The van der Waals surface area contributed by atoms with E-state index in [-0.39, 0.29) is 11.8 Å². The first-order valence-electron chi connectivity index (χ1n) is 6.08. The largest absolute Gasteiger partial charge is 0.344 e. The van der Waals surface area contributed by atoms with Crippen LogP contribution in [-0.2, 0) is 9.59 Å². The van der Waals surface area contributed by atoms with E-state index in [9.17, 15) is 9.59 Å². The molecule has 0 radical (unpaired) electrons. The molecule has 1 rings (SSSR count). The number of thioether (sulfide) groups is 1. The van der Waals surface area contributed by atoms with Gasteiger partial charge in [-0.2, -0.15) is 11.8 Å². The van der Waals surface area contributed by atoms with Crippen molar-refractivity contribution in [2.75, 3.05) is 17.3 Å². The molecular weight excluding hydrogens is 282 g/mol. The van der Waals surface area contributed by atoms with Crippen molar-refractivity contribution in [3.8, 4) is 0 Å². The van der Waals surface area contributed by atoms with Crippen molar-refractivity contribution in [2.45, 2.75) is 32.7 Å². The Balaban J connectivity index is 2.61. The molecule has 0 saturated carbocycles. The fraction of sp³-hybridized carbons (Fsp3) is 0.583. The average Bonchev–Trinajstić information content (AvgIpc) is 2.79. The lowest BCUT2D eigenvalue weighted by atomic mass is 10.2. The highest BCUT2D eigenvalue weighted by Gasteiger charge is 2.20. The van der Waals surface area contributed by atoms with Crippen LogP contribution >= 0.6 is 23.1 Å². The highest BCUT2D eigenvalue weighted by Crippen LogP contribution is 2.15. The summed E-state index contributed by atoms with van der Waals surface area (Å²) in [7, 11) is 0. The van der Waals surface area contributed by atoms with Crippen LogP contribution in [0, 0.1) is 6.92 Å². The van der Waals surface area contributed by atoms with Crippen molar-refractivity contribution in [2.24, 2.45) is 0 Å². The first-order valence-corrected chi connectivity index (χ1v) is 8.35. The zero-order chi connectivity index (χ0) is 14.3. The third-order valence-corrected chi connectivity index (χ3v) is 3.95. The molecule has 0 aromatic carbocycles. The lowest BCUT2D eigenvalue weighted by Gasteiger charge is -2.16. The van der Waals surface area contributed by atoms with E-state index < -0.39 is 6.04 Å². The number of aryl methyl sites for hydroxylation is 1. The van der Waals surface area contributed by atoms with Crippen LogP contribution in [0.3, 0.4) is 0 Å². The van der Waals surface area contributed by atoms with Crippen LogP contribution in [0.2, 0.25) is 0 Å². The molecule has 1 heterocycles. The molecule has 0 bridgehead atoms. The minimum absolute atomic E-state index is 0.114. The van der Waals surface area contributed by atoms with E-state index in [4.69, 9.17) is 0 Å². The minimum Gasteiger partial charge on any atom is -0.344 e. The van der Waals surface area contributed by atoms with Crippen LogP contribution in [0.5, 0.6) is 0 Å². The molecular formula is C12H19N3O2S2. The number of amides is 2. The third kappa shape index (κ3) is 5.61. The Labute approximate surface area is 121 Å². The van der Waals surface area contributed by atoms with Gasteiger partial charge in [0.2, 0.25) is 11.8 Å². The zero-order valence-electron chi connectivity index (χ0n) is 11.4. The number of aromatic nitrogens is 1. The average molecular weight is 301 g/mol. The van der Waals surface area contributed by atoms with Gasteiger partial charge in [-0.1, -0.05) is 6.92 Å². The van der Waals surface area contributed by atoms with Gasteiger partial charge in [0.25, 0.3) is 0 Å². The van der Waals surface area contributed by atoms with Crippen LogP contribution in [0.15, 0.2) is 5.38 Å². The van der Waals surface area contributed by atoms with E-state index in [1.807, 2.05) is 18.6 Å². The molecule has 0 aliphatic rings. The number of carbonyl (C=O) groups excluding carboxylic acids is 2. The normalized spacial score (nSPS) is 11.9. The zero-order valence-corrected chi connectivity index (χ0v) is 13.0. The standard InChI is InChI=1S/C12H19N3O2S2/c1-4-10(16)14-9(5-6-18-3)11(17)15-12-13-8(2)7-19-12/h7,9H,4-6H2,1-3H3,(H,14,16)(H,13,15,17). The molecule has 1 unspecified atom stereocenters. The molecule has 0 spiro atoms. The summed E-state index contributed by atoms with van der Waals surface area (Å²) in [5.74, 6) is 0.501. The van der Waals surface area contributed by atoms with Gasteiger partial charge in [-0.25, -0.2) is 4.98 Å². The summed E-state index contributed by atoms with van der Waals surface area (Å²) in [5.41, 5.74) is 0.874. The molecule has 2 amide bonds. The van der Waals surface area contributed by atoms with Gasteiger partial charge in [-0.3, -0.25) is 9.59 Å². The summed E-state index contributed by atoms with van der Waals surface area (Å²) in [6.45, 7) is 3.64. The van der Waals surface area contributed by atoms with Gasteiger partial charge in [0.05, 0.1) is 5.69 Å². The van der Waals surface area contributed by atoms with Gasteiger partial charge in [-0.05, 0) is 25.4 Å². The molecule has 0 aliphatic heterocycles. The molecule has 1 atom stereocenters. The molecule has 0 fully saturated rings. The highest BCUT2D eigenvalue weighted by molar-refractivity contribution is 7.98. The molecule has 19 heavy (non-hydrogen) atoms. The minimum atomic E-state index is -0.496. The molecule has 1 aromatic heterocycles. The second kappa shape index (κ2) is 8.16. The second-order valence-electron chi connectivity index (χ2n) is 4.04. The van der Waals surface area contributed by atoms with Crippen LogP contribution in [0.4, 0.5) is 5.13 Å². The van der Waals surface area contributed by atoms with Gasteiger partial charge < -0.3 is 10.6 Å². The van der Waals surface area contributed by atoms with Crippen LogP contribution in [0.25, 0.3) is 0 Å². The Bertz CT molecular complexity index is 434. The fourth-order valence-electron chi connectivity index (χ4n) is 1.40. The van der Waals surface area contributed by atoms with Crippen LogP contribution in [-0.4, -0.2) is 34.8 Å². The molecule has 7 heteroatoms. The lowest BCUT2D eigenvalue weighted by Crippen LogP contribution is -2.43. The van der Waals surface area contributed by atoms with Crippen LogP contribution < -0.4 is 10.6 Å². The number of carbonyl (C=O) groups is 2. The molecule has 0 aliphatic carbocycles. The summed E-state index contributed by atoms with van der Waals surface area (Å²) < 4.78 is 0. The number of anilines is 1. The molecule has 0 saturated heterocycles. The maximum Gasteiger partial charge on any atom is 0.248 e. The van der Waals surface area contributed by atoms with Gasteiger partial charge in [0.1, 0.15) is 6.04 Å². The van der Waals surface area contributed by atoms with Crippen molar-refractivity contribution in [1.29, 1.82) is 0 Å². The monoisotopic (exact) mass is 301 g/mol. The number of nitrogens with one attached hydrogen (secondary N) is 2. The SMILES string of the molecule is CCC(=O)NC(CCSC)C(=O)Nc1nc(C)cs1. The Kier molecular flexibility index (Phi) is 6.86. The quantitative estimate of drug-likeness (QED) is 0.808. The highest BCUT2D eigenvalue weighted by atomic mass is 32.2. The van der Waals surface area contributed by atoms with Gasteiger partial charge >= 0.3 is 0 Å². The molecule has 5 nitrogen and oxygen atoms in total. The summed E-state index contributed by atoms with van der Waals surface area (Å²) in [6.07, 6.45) is 2.96. The summed E-state index contributed by atoms with van der Waals surface area (Å²) in [4.78, 5) is 27.7. The van der Waals surface area contributed by atoms with E-state index in [2.05, 4.69) is 15.6 Å². The third-order valence-electron chi connectivity index (χ3n) is 2.43. The van der Waals surface area contributed by atoms with Gasteiger partial charge in [0, 0.05) is 11.8 Å². The van der Waals surface area contributed by atoms with Crippen LogP contribution in [0.1, 0.15) is 25.5 Å². The van der Waals surface area contributed by atoms with E-state index in [1.165, 1.54) is 11.3 Å².